The molecule has 1 aromatic rings. The summed E-state index contributed by atoms with van der Waals surface area (Å²) in [5.74, 6) is -0.719. The average molecular weight is 294 g/mol. The Kier molecular flexibility index (Phi) is 4.45. The first-order chi connectivity index (χ1) is 9.93. The zero-order valence-electron chi connectivity index (χ0n) is 12.4. The van der Waals surface area contributed by atoms with E-state index in [0.29, 0.717) is 17.9 Å². The van der Waals surface area contributed by atoms with Crippen LogP contribution >= 0.6 is 0 Å². The third-order valence-corrected chi connectivity index (χ3v) is 3.74. The molecule has 114 valence electrons. The molecular weight excluding hydrogens is 275 g/mol. The summed E-state index contributed by atoms with van der Waals surface area (Å²) in [6.07, 6.45) is 0.198. The molecule has 0 aliphatic carbocycles. The van der Waals surface area contributed by atoms with Crippen LogP contribution in [-0.2, 0) is 9.59 Å². The van der Waals surface area contributed by atoms with Crippen molar-refractivity contribution in [3.05, 3.63) is 29.6 Å². The Balaban J connectivity index is 2.10. The minimum Gasteiger partial charge on any atom is -0.496 e. The second kappa shape index (κ2) is 6.11. The van der Waals surface area contributed by atoms with Crippen molar-refractivity contribution in [1.82, 2.24) is 10.2 Å². The van der Waals surface area contributed by atoms with E-state index >= 15 is 0 Å². The molecule has 0 spiro atoms. The number of carbonyl (C=O) groups is 2. The minimum absolute atomic E-state index is 0.0497. The van der Waals surface area contributed by atoms with Gasteiger partial charge < -0.3 is 15.0 Å². The first-order valence-corrected chi connectivity index (χ1v) is 6.80. The highest BCUT2D eigenvalue weighted by molar-refractivity contribution is 5.89. The molecular formula is C15H19FN2O3. The van der Waals surface area contributed by atoms with Crippen LogP contribution in [0.25, 0.3) is 0 Å². The van der Waals surface area contributed by atoms with Gasteiger partial charge in [0, 0.05) is 20.0 Å². The lowest BCUT2D eigenvalue weighted by Crippen LogP contribution is -2.34. The third-order valence-electron chi connectivity index (χ3n) is 3.74. The van der Waals surface area contributed by atoms with E-state index in [1.54, 1.807) is 26.1 Å². The quantitative estimate of drug-likeness (QED) is 0.915. The van der Waals surface area contributed by atoms with E-state index in [0.717, 1.165) is 0 Å². The normalized spacial score (nSPS) is 19.5. The van der Waals surface area contributed by atoms with Crippen LogP contribution in [0, 0.1) is 11.7 Å². The summed E-state index contributed by atoms with van der Waals surface area (Å²) in [6, 6.07) is 3.99. The monoisotopic (exact) mass is 294 g/mol. The smallest absolute Gasteiger partial charge is 0.225 e. The topological polar surface area (TPSA) is 58.6 Å². The maximum Gasteiger partial charge on any atom is 0.225 e. The number of hydrogen-bond donors (Lipinski definition) is 1. The molecule has 2 amide bonds. The van der Waals surface area contributed by atoms with Gasteiger partial charge in [-0.15, -0.1) is 0 Å². The summed E-state index contributed by atoms with van der Waals surface area (Å²) in [5.41, 5.74) is 0.311. The number of halogens is 1. The summed E-state index contributed by atoms with van der Waals surface area (Å²) in [5, 5.41) is 2.76. The molecule has 5 nitrogen and oxygen atoms in total. The molecule has 6 heteroatoms. The summed E-state index contributed by atoms with van der Waals surface area (Å²) in [4.78, 5) is 25.2. The molecule has 2 atom stereocenters. The number of amides is 2. The molecule has 0 unspecified atom stereocenters. The van der Waals surface area contributed by atoms with Gasteiger partial charge in [0.1, 0.15) is 11.6 Å². The Morgan fingerprint density at radius 1 is 1.52 bits per heavy atom. The Morgan fingerprint density at radius 2 is 2.24 bits per heavy atom. The Bertz CT molecular complexity index is 562. The van der Waals surface area contributed by atoms with Crippen LogP contribution in [0.5, 0.6) is 5.75 Å². The first kappa shape index (κ1) is 15.3. The molecule has 1 heterocycles. The highest BCUT2D eigenvalue weighted by atomic mass is 19.1. The number of likely N-dealkylation sites (tertiary alicyclic amines) is 1. The fourth-order valence-corrected chi connectivity index (χ4v) is 2.56. The van der Waals surface area contributed by atoms with Crippen molar-refractivity contribution in [2.45, 2.75) is 19.4 Å². The van der Waals surface area contributed by atoms with Crippen LogP contribution in [0.4, 0.5) is 4.39 Å². The average Bonchev–Trinajstić information content (AvgIpc) is 2.78. The summed E-state index contributed by atoms with van der Waals surface area (Å²) in [7, 11) is 3.12. The number of carbonyl (C=O) groups excluding carboxylic acids is 2. The Hall–Kier alpha value is -2.11. The Labute approximate surface area is 123 Å². The molecule has 1 aliphatic heterocycles. The molecule has 0 aromatic heterocycles. The zero-order valence-corrected chi connectivity index (χ0v) is 12.4. The van der Waals surface area contributed by atoms with Gasteiger partial charge in [0.15, 0.2) is 0 Å². The third kappa shape index (κ3) is 3.15. The zero-order chi connectivity index (χ0) is 15.6. The van der Waals surface area contributed by atoms with Crippen molar-refractivity contribution in [3.8, 4) is 5.75 Å². The number of ether oxygens (including phenoxy) is 1. The van der Waals surface area contributed by atoms with E-state index in [2.05, 4.69) is 5.32 Å². The van der Waals surface area contributed by atoms with Gasteiger partial charge in [0.05, 0.1) is 24.6 Å². The van der Waals surface area contributed by atoms with Gasteiger partial charge in [-0.3, -0.25) is 9.59 Å². The van der Waals surface area contributed by atoms with E-state index < -0.39 is 11.9 Å². The fourth-order valence-electron chi connectivity index (χ4n) is 2.56. The molecule has 1 saturated heterocycles. The van der Waals surface area contributed by atoms with Crippen LogP contribution in [0.2, 0.25) is 0 Å². The van der Waals surface area contributed by atoms with Gasteiger partial charge in [0.2, 0.25) is 11.8 Å². The van der Waals surface area contributed by atoms with Gasteiger partial charge in [-0.05, 0) is 19.1 Å². The van der Waals surface area contributed by atoms with Crippen molar-refractivity contribution in [1.29, 1.82) is 0 Å². The predicted molar refractivity (Wildman–Crippen MR) is 75.3 cm³/mol. The number of hydrogen-bond acceptors (Lipinski definition) is 3. The van der Waals surface area contributed by atoms with Crippen molar-refractivity contribution < 1.29 is 18.7 Å². The van der Waals surface area contributed by atoms with E-state index in [-0.39, 0.29) is 24.2 Å². The van der Waals surface area contributed by atoms with Crippen LogP contribution in [-0.4, -0.2) is 37.4 Å². The molecule has 0 radical (unpaired) electrons. The van der Waals surface area contributed by atoms with E-state index in [1.165, 1.54) is 18.1 Å². The molecule has 2 rings (SSSR count). The number of nitrogens with zero attached hydrogens (tertiary/aromatic N) is 1. The molecule has 1 aliphatic rings. The number of rotatable bonds is 4. The molecule has 0 bridgehead atoms. The summed E-state index contributed by atoms with van der Waals surface area (Å²) < 4.78 is 19.1. The van der Waals surface area contributed by atoms with Gasteiger partial charge in [-0.25, -0.2) is 4.39 Å². The molecule has 1 fully saturated rings. The van der Waals surface area contributed by atoms with Crippen molar-refractivity contribution >= 4 is 11.8 Å². The van der Waals surface area contributed by atoms with Gasteiger partial charge in [-0.2, -0.15) is 0 Å². The van der Waals surface area contributed by atoms with Crippen molar-refractivity contribution in [2.75, 3.05) is 20.7 Å². The van der Waals surface area contributed by atoms with Gasteiger partial charge in [0.25, 0.3) is 0 Å². The molecule has 1 N–H and O–H groups in total. The number of benzene rings is 1. The minimum atomic E-state index is -0.533. The van der Waals surface area contributed by atoms with Gasteiger partial charge in [-0.1, -0.05) is 6.07 Å². The highest BCUT2D eigenvalue weighted by Gasteiger charge is 2.33. The highest BCUT2D eigenvalue weighted by Crippen LogP contribution is 2.28. The van der Waals surface area contributed by atoms with E-state index in [9.17, 15) is 14.0 Å². The second-order valence-electron chi connectivity index (χ2n) is 5.26. The fraction of sp³-hybridized carbons (Fsp3) is 0.467. The van der Waals surface area contributed by atoms with E-state index in [4.69, 9.17) is 4.74 Å². The predicted octanol–water partition coefficient (Wildman–Crippen LogP) is 1.49. The van der Waals surface area contributed by atoms with Crippen LogP contribution in [0.15, 0.2) is 18.2 Å². The van der Waals surface area contributed by atoms with Crippen LogP contribution in [0.3, 0.4) is 0 Å². The van der Waals surface area contributed by atoms with Gasteiger partial charge >= 0.3 is 0 Å². The summed E-state index contributed by atoms with van der Waals surface area (Å²) in [6.45, 7) is 2.09. The molecule has 21 heavy (non-hydrogen) atoms. The molecule has 1 aromatic carbocycles. The number of methoxy groups -OCH3 is 1. The lowest BCUT2D eigenvalue weighted by Gasteiger charge is -2.19. The Morgan fingerprint density at radius 3 is 2.81 bits per heavy atom. The van der Waals surface area contributed by atoms with Crippen molar-refractivity contribution in [3.63, 3.8) is 0 Å². The summed E-state index contributed by atoms with van der Waals surface area (Å²) >= 11 is 0. The number of nitrogens with one attached hydrogen (secondary N) is 1. The van der Waals surface area contributed by atoms with Crippen LogP contribution < -0.4 is 10.1 Å². The maximum atomic E-state index is 13.9. The SMILES string of the molecule is COc1cccc(F)c1[C@@H](C)NC(=O)[C@@H]1CC(=O)N(C)C1. The maximum absolute atomic E-state index is 13.9. The standard InChI is InChI=1S/C15H19FN2O3/c1-9(14-11(16)5-4-6-12(14)21-3)17-15(20)10-7-13(19)18(2)8-10/h4-6,9-10H,7-8H2,1-3H3,(H,17,20)/t9-,10-/m1/s1. The molecule has 0 saturated carbocycles. The lowest BCUT2D eigenvalue weighted by atomic mass is 10.0. The second-order valence-corrected chi connectivity index (χ2v) is 5.26. The lowest BCUT2D eigenvalue weighted by molar-refractivity contribution is -0.128. The van der Waals surface area contributed by atoms with E-state index in [1.807, 2.05) is 0 Å². The first-order valence-electron chi connectivity index (χ1n) is 6.80. The van der Waals surface area contributed by atoms with Crippen LogP contribution in [0.1, 0.15) is 24.9 Å². The van der Waals surface area contributed by atoms with Crippen molar-refractivity contribution in [2.24, 2.45) is 5.92 Å². The largest absolute Gasteiger partial charge is 0.496 e.